The molecule has 0 aromatic rings. The molecule has 6 heteroatoms. The molecule has 0 aromatic carbocycles. The second-order valence-corrected chi connectivity index (χ2v) is 17.7. The number of rotatable bonds is 48. The maximum atomic E-state index is 12.8. The fourth-order valence-electron chi connectivity index (χ4n) is 7.35. The summed E-state index contributed by atoms with van der Waals surface area (Å²) in [6.07, 6.45) is 68.5. The monoisotopic (exact) mass is 905 g/mol. The third-order valence-corrected chi connectivity index (χ3v) is 11.4. The Morgan fingerprint density at radius 1 is 0.323 bits per heavy atom. The minimum Gasteiger partial charge on any atom is -0.462 e. The van der Waals surface area contributed by atoms with Gasteiger partial charge in [0.15, 0.2) is 6.10 Å². The van der Waals surface area contributed by atoms with Gasteiger partial charge in [-0.15, -0.1) is 0 Å². The fraction of sp³-hybridized carbons (Fsp3) is 0.712. The van der Waals surface area contributed by atoms with Gasteiger partial charge < -0.3 is 14.2 Å². The number of allylic oxidation sites excluding steroid dienone is 14. The highest BCUT2D eigenvalue weighted by Gasteiger charge is 2.19. The van der Waals surface area contributed by atoms with Crippen molar-refractivity contribution < 1.29 is 28.6 Å². The van der Waals surface area contributed by atoms with Crippen LogP contribution in [-0.4, -0.2) is 37.2 Å². The Bertz CT molecular complexity index is 1270. The normalized spacial score (nSPS) is 12.7. The van der Waals surface area contributed by atoms with E-state index < -0.39 is 6.10 Å². The van der Waals surface area contributed by atoms with E-state index in [-0.39, 0.29) is 37.5 Å². The molecule has 1 unspecified atom stereocenters. The largest absolute Gasteiger partial charge is 0.462 e. The number of hydrogen-bond donors (Lipinski definition) is 0. The zero-order valence-corrected chi connectivity index (χ0v) is 42.5. The summed E-state index contributed by atoms with van der Waals surface area (Å²) in [5, 5.41) is 0. The molecule has 1 atom stereocenters. The van der Waals surface area contributed by atoms with Crippen LogP contribution in [-0.2, 0) is 28.6 Å². The van der Waals surface area contributed by atoms with Crippen LogP contribution < -0.4 is 0 Å². The van der Waals surface area contributed by atoms with Crippen molar-refractivity contribution in [3.05, 3.63) is 85.1 Å². The van der Waals surface area contributed by atoms with Crippen molar-refractivity contribution in [2.45, 2.75) is 258 Å². The zero-order valence-electron chi connectivity index (χ0n) is 42.5. The predicted molar refractivity (Wildman–Crippen MR) is 279 cm³/mol. The molecule has 0 aromatic heterocycles. The number of hydrogen-bond acceptors (Lipinski definition) is 6. The highest BCUT2D eigenvalue weighted by atomic mass is 16.6. The summed E-state index contributed by atoms with van der Waals surface area (Å²) in [7, 11) is 0. The molecule has 0 N–H and O–H groups in total. The summed E-state index contributed by atoms with van der Waals surface area (Å²) in [5.74, 6) is -0.937. The van der Waals surface area contributed by atoms with Crippen LogP contribution in [0.25, 0.3) is 0 Å². The standard InChI is InChI=1S/C59H100O6/c1-4-7-10-13-16-19-22-25-28-30-32-34-37-40-43-46-49-52-58(61)64-55-56(54-63-57(60)51-48-45-42-39-36-33-27-24-21-18-15-12-9-6-3)65-59(62)53-50-47-44-41-38-35-31-29-26-23-20-17-14-11-8-5-2/h8-9,11-12,17-18,20-21,25-26,28-29,35,38,56H,4-7,10,13-16,19,22-24,27,30-34,36-37,39-55H2,1-3H3/b11-8-,12-9-,20-17-,21-18-,28-25-,29-26-,38-35-. The first-order valence-electron chi connectivity index (χ1n) is 27.1. The first kappa shape index (κ1) is 61.6. The van der Waals surface area contributed by atoms with Crippen LogP contribution in [0.2, 0.25) is 0 Å². The second-order valence-electron chi connectivity index (χ2n) is 17.7. The molecule has 0 saturated carbocycles. The minimum absolute atomic E-state index is 0.0945. The van der Waals surface area contributed by atoms with Gasteiger partial charge in [-0.05, 0) is 109 Å². The van der Waals surface area contributed by atoms with Gasteiger partial charge in [-0.2, -0.15) is 0 Å². The van der Waals surface area contributed by atoms with Gasteiger partial charge >= 0.3 is 17.9 Å². The summed E-state index contributed by atoms with van der Waals surface area (Å²) in [6, 6.07) is 0. The molecular formula is C59H100O6. The lowest BCUT2D eigenvalue weighted by Gasteiger charge is -2.18. The van der Waals surface area contributed by atoms with E-state index in [4.69, 9.17) is 14.2 Å². The molecule has 0 aliphatic heterocycles. The van der Waals surface area contributed by atoms with Gasteiger partial charge in [-0.3, -0.25) is 14.4 Å². The van der Waals surface area contributed by atoms with Crippen LogP contribution in [0.4, 0.5) is 0 Å². The Morgan fingerprint density at radius 2 is 0.600 bits per heavy atom. The first-order chi connectivity index (χ1) is 32.0. The maximum Gasteiger partial charge on any atom is 0.306 e. The fourth-order valence-corrected chi connectivity index (χ4v) is 7.35. The van der Waals surface area contributed by atoms with Crippen LogP contribution >= 0.6 is 0 Å². The van der Waals surface area contributed by atoms with Crippen molar-refractivity contribution >= 4 is 17.9 Å². The van der Waals surface area contributed by atoms with E-state index in [2.05, 4.69) is 106 Å². The topological polar surface area (TPSA) is 78.9 Å². The van der Waals surface area contributed by atoms with E-state index >= 15 is 0 Å². The van der Waals surface area contributed by atoms with Crippen LogP contribution in [0.3, 0.4) is 0 Å². The van der Waals surface area contributed by atoms with Gasteiger partial charge in [0.2, 0.25) is 0 Å². The SMILES string of the molecule is CC/C=C\C/C=C\C/C=C\C/C=C\CCCCCC(=O)OC(COC(=O)CCCCCCCCC/C=C\C/C=C\CC)COC(=O)CCCCCCCCC/C=C\CCCCCCCC. The molecule has 0 bridgehead atoms. The number of ether oxygens (including phenoxy) is 3. The van der Waals surface area contributed by atoms with Gasteiger partial charge in [0.1, 0.15) is 13.2 Å². The van der Waals surface area contributed by atoms with Crippen molar-refractivity contribution in [1.82, 2.24) is 0 Å². The van der Waals surface area contributed by atoms with Crippen LogP contribution in [0, 0.1) is 0 Å². The molecule has 0 spiro atoms. The van der Waals surface area contributed by atoms with E-state index in [1.807, 2.05) is 0 Å². The molecule has 0 radical (unpaired) electrons. The summed E-state index contributed by atoms with van der Waals surface area (Å²) in [5.41, 5.74) is 0. The van der Waals surface area contributed by atoms with Crippen LogP contribution in [0.15, 0.2) is 85.1 Å². The third kappa shape index (κ3) is 51.4. The molecule has 0 fully saturated rings. The second kappa shape index (κ2) is 53.2. The summed E-state index contributed by atoms with van der Waals surface area (Å²) < 4.78 is 16.8. The molecule has 0 rings (SSSR count). The van der Waals surface area contributed by atoms with E-state index in [1.54, 1.807) is 0 Å². The van der Waals surface area contributed by atoms with Crippen molar-refractivity contribution in [1.29, 1.82) is 0 Å². The molecular weight excluding hydrogens is 805 g/mol. The Labute approximate surface area is 401 Å². The zero-order chi connectivity index (χ0) is 47.2. The molecule has 0 saturated heterocycles. The van der Waals surface area contributed by atoms with Crippen LogP contribution in [0.1, 0.15) is 252 Å². The lowest BCUT2D eigenvalue weighted by molar-refractivity contribution is -0.167. The van der Waals surface area contributed by atoms with Crippen molar-refractivity contribution in [2.24, 2.45) is 0 Å². The molecule has 65 heavy (non-hydrogen) atoms. The van der Waals surface area contributed by atoms with Gasteiger partial charge in [0.25, 0.3) is 0 Å². The van der Waals surface area contributed by atoms with Crippen LogP contribution in [0.5, 0.6) is 0 Å². The number of carbonyl (C=O) groups excluding carboxylic acids is 3. The van der Waals surface area contributed by atoms with Gasteiger partial charge in [0, 0.05) is 19.3 Å². The minimum atomic E-state index is -0.798. The van der Waals surface area contributed by atoms with Gasteiger partial charge in [0.05, 0.1) is 0 Å². The predicted octanol–water partition coefficient (Wildman–Crippen LogP) is 18.0. The van der Waals surface area contributed by atoms with Crippen molar-refractivity contribution in [3.8, 4) is 0 Å². The summed E-state index contributed by atoms with van der Waals surface area (Å²) >= 11 is 0. The molecule has 0 aliphatic rings. The molecule has 372 valence electrons. The Hall–Kier alpha value is -3.41. The number of carbonyl (C=O) groups is 3. The number of unbranched alkanes of at least 4 members (excludes halogenated alkanes) is 23. The highest BCUT2D eigenvalue weighted by molar-refractivity contribution is 5.71. The van der Waals surface area contributed by atoms with E-state index in [9.17, 15) is 14.4 Å². The Balaban J connectivity index is 4.45. The average Bonchev–Trinajstić information content (AvgIpc) is 3.30. The van der Waals surface area contributed by atoms with E-state index in [0.717, 1.165) is 109 Å². The lowest BCUT2D eigenvalue weighted by Crippen LogP contribution is -2.30. The summed E-state index contributed by atoms with van der Waals surface area (Å²) in [4.78, 5) is 38.1. The maximum absolute atomic E-state index is 12.8. The Kier molecular flexibility index (Phi) is 50.4. The van der Waals surface area contributed by atoms with Crippen molar-refractivity contribution in [3.63, 3.8) is 0 Å². The average molecular weight is 905 g/mol. The number of esters is 3. The highest BCUT2D eigenvalue weighted by Crippen LogP contribution is 2.14. The lowest BCUT2D eigenvalue weighted by atomic mass is 10.1. The molecule has 0 amide bonds. The quantitative estimate of drug-likeness (QED) is 0.0262. The van der Waals surface area contributed by atoms with E-state index in [1.165, 1.54) is 103 Å². The summed E-state index contributed by atoms with van der Waals surface area (Å²) in [6.45, 7) is 6.38. The molecule has 0 heterocycles. The van der Waals surface area contributed by atoms with Gasteiger partial charge in [-0.1, -0.05) is 209 Å². The van der Waals surface area contributed by atoms with E-state index in [0.29, 0.717) is 12.8 Å². The smallest absolute Gasteiger partial charge is 0.306 e. The van der Waals surface area contributed by atoms with Crippen molar-refractivity contribution in [2.75, 3.05) is 13.2 Å². The molecule has 0 aliphatic carbocycles. The van der Waals surface area contributed by atoms with Gasteiger partial charge in [-0.25, -0.2) is 0 Å². The first-order valence-corrected chi connectivity index (χ1v) is 27.1. The Morgan fingerprint density at radius 3 is 0.969 bits per heavy atom. The third-order valence-electron chi connectivity index (χ3n) is 11.4. The molecule has 6 nitrogen and oxygen atoms in total.